The van der Waals surface area contributed by atoms with Gasteiger partial charge in [-0.25, -0.2) is 14.7 Å². The predicted molar refractivity (Wildman–Crippen MR) is 143 cm³/mol. The second kappa shape index (κ2) is 12.2. The van der Waals surface area contributed by atoms with Gasteiger partial charge < -0.3 is 15.7 Å². The molecule has 3 rings (SSSR count). The molecule has 3 N–H and O–H groups in total. The van der Waals surface area contributed by atoms with Crippen LogP contribution < -0.4 is 5.73 Å². The van der Waals surface area contributed by atoms with Crippen molar-refractivity contribution in [1.82, 2.24) is 19.7 Å². The summed E-state index contributed by atoms with van der Waals surface area (Å²) in [5, 5.41) is 24.9. The Morgan fingerprint density at radius 1 is 1.42 bits per heavy atom. The molecular weight excluding hydrogens is 494 g/mol. The summed E-state index contributed by atoms with van der Waals surface area (Å²) in [6, 6.07) is 11.8. The van der Waals surface area contributed by atoms with Crippen LogP contribution in [0.3, 0.4) is 0 Å². The molecule has 2 heterocycles. The Balaban J connectivity index is 1.74. The number of hydrogen-bond donors (Lipinski definition) is 2. The molecular formula is C25H27N7O2S2. The molecule has 0 aliphatic carbocycles. The number of rotatable bonds is 12. The van der Waals surface area contributed by atoms with Crippen LogP contribution in [0.5, 0.6) is 0 Å². The van der Waals surface area contributed by atoms with Gasteiger partial charge in [-0.1, -0.05) is 36.5 Å². The number of para-hydroxylation sites is 1. The van der Waals surface area contributed by atoms with E-state index < -0.39 is 10.7 Å². The van der Waals surface area contributed by atoms with Crippen molar-refractivity contribution in [3.63, 3.8) is 0 Å². The van der Waals surface area contributed by atoms with E-state index in [1.807, 2.05) is 52.9 Å². The van der Waals surface area contributed by atoms with Crippen molar-refractivity contribution < 1.29 is 9.90 Å². The van der Waals surface area contributed by atoms with Crippen LogP contribution in [0.4, 0.5) is 0 Å². The number of aliphatic imine (C=N–C) groups is 1. The minimum absolute atomic E-state index is 0.232. The fourth-order valence-corrected chi connectivity index (χ4v) is 5.21. The molecule has 0 amide bonds. The molecule has 1 aromatic carbocycles. The molecule has 11 heteroatoms. The predicted octanol–water partition coefficient (Wildman–Crippen LogP) is 4.24. The van der Waals surface area contributed by atoms with Crippen LogP contribution in [0.1, 0.15) is 25.1 Å². The molecule has 0 bridgehead atoms. The number of thioether (sulfide) groups is 1. The molecule has 9 nitrogen and oxygen atoms in total. The first kappa shape index (κ1) is 26.7. The van der Waals surface area contributed by atoms with Crippen LogP contribution in [-0.2, 0) is 17.8 Å². The van der Waals surface area contributed by atoms with E-state index >= 15 is 0 Å². The minimum Gasteiger partial charge on any atom is -0.480 e. The molecule has 0 atom stereocenters. The molecule has 2 aromatic heterocycles. The van der Waals surface area contributed by atoms with Gasteiger partial charge in [0.2, 0.25) is 0 Å². The third kappa shape index (κ3) is 7.31. The average Bonchev–Trinajstić information content (AvgIpc) is 3.52. The van der Waals surface area contributed by atoms with Gasteiger partial charge in [-0.2, -0.15) is 10.4 Å². The lowest BCUT2D eigenvalue weighted by molar-refractivity contribution is -0.138. The lowest BCUT2D eigenvalue weighted by atomic mass is 10.2. The van der Waals surface area contributed by atoms with Gasteiger partial charge in [-0.15, -0.1) is 11.3 Å². The summed E-state index contributed by atoms with van der Waals surface area (Å²) in [5.74, 6) is -0.419. The Bertz CT molecular complexity index is 1300. The molecule has 0 radical (unpaired) electrons. The average molecular weight is 522 g/mol. The highest BCUT2D eigenvalue weighted by molar-refractivity contribution is 8.03. The van der Waals surface area contributed by atoms with Gasteiger partial charge in [0.05, 0.1) is 23.2 Å². The molecule has 186 valence electrons. The van der Waals surface area contributed by atoms with Crippen LogP contribution >= 0.6 is 23.1 Å². The minimum atomic E-state index is -0.960. The van der Waals surface area contributed by atoms with Gasteiger partial charge in [0.15, 0.2) is 4.34 Å². The third-order valence-electron chi connectivity index (χ3n) is 5.08. The molecule has 0 aliphatic heterocycles. The molecule has 0 fully saturated rings. The van der Waals surface area contributed by atoms with E-state index in [0.29, 0.717) is 29.7 Å². The number of carbonyl (C=O) groups is 1. The second-order valence-corrected chi connectivity index (χ2v) is 11.0. The fourth-order valence-electron chi connectivity index (χ4n) is 2.98. The Hall–Kier alpha value is -3.88. The molecule has 0 spiro atoms. The molecule has 0 unspecified atom stereocenters. The van der Waals surface area contributed by atoms with Gasteiger partial charge in [0.1, 0.15) is 16.6 Å². The molecule has 0 saturated carbocycles. The number of aromatic nitrogens is 3. The van der Waals surface area contributed by atoms with Crippen LogP contribution in [0.15, 0.2) is 81.6 Å². The summed E-state index contributed by atoms with van der Waals surface area (Å²) in [7, 11) is 0. The fraction of sp³-hybridized carbons (Fsp3) is 0.240. The Morgan fingerprint density at radius 3 is 2.83 bits per heavy atom. The van der Waals surface area contributed by atoms with Crippen LogP contribution in [-0.4, -0.2) is 48.2 Å². The van der Waals surface area contributed by atoms with Crippen molar-refractivity contribution in [3.8, 4) is 11.8 Å². The third-order valence-corrected chi connectivity index (χ3v) is 7.25. The summed E-state index contributed by atoms with van der Waals surface area (Å²) in [6.45, 7) is 8.44. The SMILES string of the molecule is C=C(/N=C\C(C#N)=C/N)N(CCc1csc(SC(C)(C)C(=O)O)n1)Cc1cnn(-c2ccccc2)c1. The summed E-state index contributed by atoms with van der Waals surface area (Å²) >= 11 is 2.65. The molecule has 3 aromatic rings. The lowest BCUT2D eigenvalue weighted by Gasteiger charge is -2.23. The number of nitrogens with zero attached hydrogens (tertiary/aromatic N) is 6. The van der Waals surface area contributed by atoms with Crippen molar-refractivity contribution in [2.75, 3.05) is 6.54 Å². The van der Waals surface area contributed by atoms with Crippen molar-refractivity contribution in [1.29, 1.82) is 5.26 Å². The first-order valence-electron chi connectivity index (χ1n) is 11.0. The van der Waals surface area contributed by atoms with E-state index in [1.54, 1.807) is 24.7 Å². The second-order valence-electron chi connectivity index (χ2n) is 8.23. The number of thiazole rings is 1. The van der Waals surface area contributed by atoms with Crippen molar-refractivity contribution in [3.05, 3.63) is 83.5 Å². The van der Waals surface area contributed by atoms with E-state index in [2.05, 4.69) is 21.7 Å². The van der Waals surface area contributed by atoms with Gasteiger partial charge in [-0.05, 0) is 26.0 Å². The van der Waals surface area contributed by atoms with E-state index in [0.717, 1.165) is 16.9 Å². The van der Waals surface area contributed by atoms with Crippen LogP contribution in [0.25, 0.3) is 5.69 Å². The van der Waals surface area contributed by atoms with Crippen molar-refractivity contribution in [2.24, 2.45) is 10.7 Å². The highest BCUT2D eigenvalue weighted by Gasteiger charge is 2.29. The Kier molecular flexibility index (Phi) is 9.05. The first-order valence-corrected chi connectivity index (χ1v) is 12.7. The number of nitrogens with two attached hydrogens (primary N) is 1. The standard InChI is InChI=1S/C25H27N7O2S2/c1-18(28-13-19(11-26)12-27)31(15-20-14-29-32(16-20)22-7-5-4-6-8-22)10-9-21-17-35-24(30-21)36-25(2,3)23(33)34/h4-8,11,13-14,16-17H,1,9-10,15,26H2,2-3H3,(H,33,34)/b19-11-,28-13-. The van der Waals surface area contributed by atoms with Crippen LogP contribution in [0, 0.1) is 11.3 Å². The maximum absolute atomic E-state index is 11.4. The normalized spacial score (nSPS) is 12.0. The number of carboxylic acids is 1. The number of benzene rings is 1. The van der Waals surface area contributed by atoms with Gasteiger partial charge in [0.25, 0.3) is 0 Å². The monoisotopic (exact) mass is 521 g/mol. The number of hydrogen-bond acceptors (Lipinski definition) is 9. The van der Waals surface area contributed by atoms with E-state index in [-0.39, 0.29) is 5.57 Å². The topological polar surface area (TPSA) is 133 Å². The van der Waals surface area contributed by atoms with Crippen molar-refractivity contribution >= 4 is 35.3 Å². The highest BCUT2D eigenvalue weighted by Crippen LogP contribution is 2.34. The summed E-state index contributed by atoms with van der Waals surface area (Å²) in [5.41, 5.74) is 8.45. The summed E-state index contributed by atoms with van der Waals surface area (Å²) in [6.07, 6.45) is 6.92. The lowest BCUT2D eigenvalue weighted by Crippen LogP contribution is -2.26. The number of carboxylic acid groups (broad SMARTS) is 1. The zero-order valence-electron chi connectivity index (χ0n) is 20.0. The van der Waals surface area contributed by atoms with E-state index in [1.165, 1.54) is 35.5 Å². The zero-order valence-corrected chi connectivity index (χ0v) is 21.7. The summed E-state index contributed by atoms with van der Waals surface area (Å²) < 4.78 is 1.55. The Morgan fingerprint density at radius 2 is 2.17 bits per heavy atom. The Labute approximate surface area is 218 Å². The number of nitriles is 1. The molecule has 36 heavy (non-hydrogen) atoms. The van der Waals surface area contributed by atoms with E-state index in [4.69, 9.17) is 11.0 Å². The molecule has 0 saturated heterocycles. The zero-order chi connectivity index (χ0) is 26.1. The highest BCUT2D eigenvalue weighted by atomic mass is 32.2. The van der Waals surface area contributed by atoms with Crippen LogP contribution in [0.2, 0.25) is 0 Å². The van der Waals surface area contributed by atoms with Gasteiger partial charge in [0, 0.05) is 49.1 Å². The quantitative estimate of drug-likeness (QED) is 0.205. The maximum atomic E-state index is 11.4. The van der Waals surface area contributed by atoms with Crippen molar-refractivity contribution in [2.45, 2.75) is 35.9 Å². The first-order chi connectivity index (χ1) is 17.2. The van der Waals surface area contributed by atoms with E-state index in [9.17, 15) is 9.90 Å². The molecule has 0 aliphatic rings. The number of aliphatic carboxylic acids is 1. The number of allylic oxidation sites excluding steroid dienone is 1. The summed E-state index contributed by atoms with van der Waals surface area (Å²) in [4.78, 5) is 22.3. The smallest absolute Gasteiger partial charge is 0.319 e. The maximum Gasteiger partial charge on any atom is 0.319 e. The van der Waals surface area contributed by atoms with Gasteiger partial charge >= 0.3 is 5.97 Å². The largest absolute Gasteiger partial charge is 0.480 e. The van der Waals surface area contributed by atoms with Gasteiger partial charge in [-0.3, -0.25) is 4.79 Å².